The Labute approximate surface area is 126 Å². The maximum atomic E-state index is 12.0. The Morgan fingerprint density at radius 1 is 1.41 bits per heavy atom. The number of amides is 1. The number of nitro groups is 1. The molecule has 0 atom stereocenters. The fourth-order valence-corrected chi connectivity index (χ4v) is 2.01. The van der Waals surface area contributed by atoms with Crippen molar-refractivity contribution in [3.63, 3.8) is 0 Å². The van der Waals surface area contributed by atoms with E-state index in [0.29, 0.717) is 13.0 Å². The minimum atomic E-state index is -0.615. The Kier molecular flexibility index (Phi) is 4.67. The number of pyridine rings is 1. The van der Waals surface area contributed by atoms with Crippen molar-refractivity contribution in [1.82, 2.24) is 10.3 Å². The molecular formula is C15H15N3O4. The van der Waals surface area contributed by atoms with Crippen LogP contribution in [0.4, 0.5) is 5.69 Å². The maximum absolute atomic E-state index is 12.0. The second-order valence-electron chi connectivity index (χ2n) is 4.77. The van der Waals surface area contributed by atoms with Crippen molar-refractivity contribution in [3.05, 3.63) is 63.5 Å². The zero-order valence-corrected chi connectivity index (χ0v) is 11.9. The van der Waals surface area contributed by atoms with Gasteiger partial charge in [-0.1, -0.05) is 0 Å². The van der Waals surface area contributed by atoms with Crippen LogP contribution in [0, 0.1) is 17.0 Å². The first-order valence-electron chi connectivity index (χ1n) is 6.64. The largest absolute Gasteiger partial charge is 0.507 e. The van der Waals surface area contributed by atoms with Gasteiger partial charge in [-0.15, -0.1) is 0 Å². The number of non-ortho nitro benzene ring substituents is 1. The molecule has 1 aromatic carbocycles. The summed E-state index contributed by atoms with van der Waals surface area (Å²) in [7, 11) is 0. The molecule has 114 valence electrons. The van der Waals surface area contributed by atoms with Crippen LogP contribution >= 0.6 is 0 Å². The van der Waals surface area contributed by atoms with Crippen molar-refractivity contribution in [2.75, 3.05) is 6.54 Å². The molecule has 0 spiro atoms. The van der Waals surface area contributed by atoms with Gasteiger partial charge in [-0.05, 0) is 36.6 Å². The molecule has 0 bridgehead atoms. The third-order valence-corrected chi connectivity index (χ3v) is 3.25. The van der Waals surface area contributed by atoms with Crippen LogP contribution in [0.3, 0.4) is 0 Å². The van der Waals surface area contributed by atoms with Gasteiger partial charge in [0.15, 0.2) is 0 Å². The standard InChI is InChI=1S/C15H15N3O4/c1-10-9-16-6-4-11(10)5-7-17-15(20)13-8-12(18(21)22)2-3-14(13)19/h2-4,6,8-9,19H,5,7H2,1H3,(H,17,20). The van der Waals surface area contributed by atoms with Crippen molar-refractivity contribution < 1.29 is 14.8 Å². The molecule has 1 amide bonds. The summed E-state index contributed by atoms with van der Waals surface area (Å²) in [6, 6.07) is 5.21. The first-order valence-corrected chi connectivity index (χ1v) is 6.64. The SMILES string of the molecule is Cc1cnccc1CCNC(=O)c1cc([N+](=O)[O-])ccc1O. The molecule has 0 radical (unpaired) electrons. The third kappa shape index (κ3) is 3.57. The fraction of sp³-hybridized carbons (Fsp3) is 0.200. The zero-order chi connectivity index (χ0) is 16.1. The molecule has 2 N–H and O–H groups in total. The van der Waals surface area contributed by atoms with Crippen LogP contribution in [-0.2, 0) is 6.42 Å². The Morgan fingerprint density at radius 2 is 2.18 bits per heavy atom. The van der Waals surface area contributed by atoms with E-state index in [1.54, 1.807) is 12.4 Å². The van der Waals surface area contributed by atoms with E-state index in [1.165, 1.54) is 0 Å². The number of aryl methyl sites for hydroxylation is 1. The molecular weight excluding hydrogens is 286 g/mol. The topological polar surface area (TPSA) is 105 Å². The molecule has 0 aliphatic carbocycles. The van der Waals surface area contributed by atoms with Gasteiger partial charge in [0.25, 0.3) is 11.6 Å². The molecule has 2 rings (SSSR count). The molecule has 0 fully saturated rings. The summed E-state index contributed by atoms with van der Waals surface area (Å²) in [4.78, 5) is 26.1. The average Bonchev–Trinajstić information content (AvgIpc) is 2.49. The summed E-state index contributed by atoms with van der Waals surface area (Å²) in [5.41, 5.74) is 1.72. The van der Waals surface area contributed by atoms with Crippen molar-refractivity contribution >= 4 is 11.6 Å². The molecule has 1 heterocycles. The highest BCUT2D eigenvalue weighted by Crippen LogP contribution is 2.22. The van der Waals surface area contributed by atoms with Crippen LogP contribution in [0.2, 0.25) is 0 Å². The van der Waals surface area contributed by atoms with Crippen LogP contribution in [0.1, 0.15) is 21.5 Å². The van der Waals surface area contributed by atoms with Crippen molar-refractivity contribution in [2.45, 2.75) is 13.3 Å². The summed E-state index contributed by atoms with van der Waals surface area (Å²) in [5, 5.41) is 23.0. The molecule has 0 aliphatic rings. The number of phenolic OH excluding ortho intramolecular Hbond substituents is 1. The van der Waals surface area contributed by atoms with Gasteiger partial charge >= 0.3 is 0 Å². The number of benzene rings is 1. The molecule has 7 nitrogen and oxygen atoms in total. The summed E-state index contributed by atoms with van der Waals surface area (Å²) in [6.07, 6.45) is 4.02. The zero-order valence-electron chi connectivity index (χ0n) is 11.9. The first kappa shape index (κ1) is 15.4. The molecule has 0 saturated carbocycles. The van der Waals surface area contributed by atoms with Gasteiger partial charge in [0.05, 0.1) is 10.5 Å². The van der Waals surface area contributed by atoms with E-state index < -0.39 is 10.8 Å². The first-order chi connectivity index (χ1) is 10.5. The molecule has 0 aliphatic heterocycles. The average molecular weight is 301 g/mol. The molecule has 1 aromatic heterocycles. The Morgan fingerprint density at radius 3 is 2.86 bits per heavy atom. The monoisotopic (exact) mass is 301 g/mol. The summed E-state index contributed by atoms with van der Waals surface area (Å²) < 4.78 is 0. The number of nitro benzene ring substituents is 1. The molecule has 2 aromatic rings. The number of nitrogens with zero attached hydrogens (tertiary/aromatic N) is 2. The van der Waals surface area contributed by atoms with E-state index in [-0.39, 0.29) is 17.0 Å². The van der Waals surface area contributed by atoms with Gasteiger partial charge in [0.2, 0.25) is 0 Å². The quantitative estimate of drug-likeness (QED) is 0.649. The maximum Gasteiger partial charge on any atom is 0.270 e. The normalized spacial score (nSPS) is 10.2. The van der Waals surface area contributed by atoms with E-state index in [1.807, 2.05) is 13.0 Å². The van der Waals surface area contributed by atoms with Gasteiger partial charge in [0, 0.05) is 31.1 Å². The van der Waals surface area contributed by atoms with Gasteiger partial charge < -0.3 is 10.4 Å². The number of rotatable bonds is 5. The highest BCUT2D eigenvalue weighted by atomic mass is 16.6. The number of carbonyl (C=O) groups is 1. The third-order valence-electron chi connectivity index (χ3n) is 3.25. The number of aromatic hydroxyl groups is 1. The Bertz CT molecular complexity index is 716. The lowest BCUT2D eigenvalue weighted by molar-refractivity contribution is -0.384. The van der Waals surface area contributed by atoms with Crippen molar-refractivity contribution in [2.24, 2.45) is 0 Å². The molecule has 0 saturated heterocycles. The van der Waals surface area contributed by atoms with Crippen LogP contribution in [0.15, 0.2) is 36.7 Å². The van der Waals surface area contributed by atoms with E-state index >= 15 is 0 Å². The second kappa shape index (κ2) is 6.66. The highest BCUT2D eigenvalue weighted by Gasteiger charge is 2.16. The Hall–Kier alpha value is -2.96. The minimum absolute atomic E-state index is 0.111. The van der Waals surface area contributed by atoms with Crippen molar-refractivity contribution in [3.8, 4) is 5.75 Å². The lowest BCUT2D eigenvalue weighted by Gasteiger charge is -2.08. The van der Waals surface area contributed by atoms with Crippen molar-refractivity contribution in [1.29, 1.82) is 0 Å². The summed E-state index contributed by atoms with van der Waals surface area (Å²) in [5.74, 6) is -0.837. The fourth-order valence-electron chi connectivity index (χ4n) is 2.01. The van der Waals surface area contributed by atoms with E-state index in [9.17, 15) is 20.0 Å². The van der Waals surface area contributed by atoms with Crippen LogP contribution in [0.5, 0.6) is 5.75 Å². The highest BCUT2D eigenvalue weighted by molar-refractivity contribution is 5.97. The number of aromatic nitrogens is 1. The minimum Gasteiger partial charge on any atom is -0.507 e. The van der Waals surface area contributed by atoms with Crippen LogP contribution in [0.25, 0.3) is 0 Å². The number of hydrogen-bond acceptors (Lipinski definition) is 5. The lowest BCUT2D eigenvalue weighted by atomic mass is 10.1. The van der Waals surface area contributed by atoms with E-state index in [0.717, 1.165) is 29.3 Å². The van der Waals surface area contributed by atoms with Crippen LogP contribution in [-0.4, -0.2) is 27.5 Å². The molecule has 22 heavy (non-hydrogen) atoms. The summed E-state index contributed by atoms with van der Waals surface area (Å²) >= 11 is 0. The van der Waals surface area contributed by atoms with Gasteiger partial charge in [-0.25, -0.2) is 0 Å². The van der Waals surface area contributed by atoms with Gasteiger partial charge in [0.1, 0.15) is 5.75 Å². The number of hydrogen-bond donors (Lipinski definition) is 2. The summed E-state index contributed by atoms with van der Waals surface area (Å²) in [6.45, 7) is 2.28. The van der Waals surface area contributed by atoms with E-state index in [2.05, 4.69) is 10.3 Å². The van der Waals surface area contributed by atoms with Crippen LogP contribution < -0.4 is 5.32 Å². The van der Waals surface area contributed by atoms with Gasteiger partial charge in [-0.3, -0.25) is 19.9 Å². The van der Waals surface area contributed by atoms with E-state index in [4.69, 9.17) is 0 Å². The Balaban J connectivity index is 2.02. The predicted molar refractivity (Wildman–Crippen MR) is 79.8 cm³/mol. The number of carbonyl (C=O) groups excluding carboxylic acids is 1. The molecule has 0 unspecified atom stereocenters. The lowest BCUT2D eigenvalue weighted by Crippen LogP contribution is -2.26. The number of phenols is 1. The van der Waals surface area contributed by atoms with Gasteiger partial charge in [-0.2, -0.15) is 0 Å². The second-order valence-corrected chi connectivity index (χ2v) is 4.77. The molecule has 7 heteroatoms. The number of nitrogens with one attached hydrogen (secondary N) is 1. The smallest absolute Gasteiger partial charge is 0.270 e. The predicted octanol–water partition coefficient (Wildman–Crippen LogP) is 1.98.